The Kier molecular flexibility index (Phi) is 49.1. The van der Waals surface area contributed by atoms with Crippen LogP contribution in [-0.2, 0) is 14.3 Å². The van der Waals surface area contributed by atoms with Gasteiger partial charge >= 0.3 is 5.97 Å². The van der Waals surface area contributed by atoms with Crippen molar-refractivity contribution in [1.29, 1.82) is 0 Å². The highest BCUT2D eigenvalue weighted by molar-refractivity contribution is 5.77. The van der Waals surface area contributed by atoms with Crippen LogP contribution in [-0.4, -0.2) is 46.9 Å². The van der Waals surface area contributed by atoms with E-state index in [2.05, 4.69) is 74.7 Å². The standard InChI is InChI=1S/C57H105NO5/c1-4-7-10-13-16-19-22-25-27-28-29-30-32-35-38-41-44-47-50-57(62)63-53(48-45-42-39-36-33-24-21-18-15-12-9-6-3)51-56(61)58-54(52-59)55(60)49-46-43-40-37-34-31-26-23-20-17-14-11-8-5-2/h9,12,18,21,29-30,33,36,53-55,59-60H,4-8,10-11,13-17,19-20,22-28,31-32,34-35,37-52H2,1-3H3,(H,58,61)/b12-9+,21-18+,30-29+,36-33+. The zero-order valence-electron chi connectivity index (χ0n) is 42.0. The highest BCUT2D eigenvalue weighted by Gasteiger charge is 2.24. The van der Waals surface area contributed by atoms with E-state index in [9.17, 15) is 19.8 Å². The minimum Gasteiger partial charge on any atom is -0.462 e. The van der Waals surface area contributed by atoms with E-state index in [0.29, 0.717) is 19.3 Å². The number of carbonyl (C=O) groups excluding carboxylic acids is 2. The number of aliphatic hydroxyl groups excluding tert-OH is 2. The number of aliphatic hydroxyl groups is 2. The summed E-state index contributed by atoms with van der Waals surface area (Å²) >= 11 is 0. The van der Waals surface area contributed by atoms with Crippen LogP contribution in [0.2, 0.25) is 0 Å². The minimum absolute atomic E-state index is 0.0492. The van der Waals surface area contributed by atoms with Crippen molar-refractivity contribution in [3.8, 4) is 0 Å². The molecule has 368 valence electrons. The lowest BCUT2D eigenvalue weighted by molar-refractivity contribution is -0.151. The van der Waals surface area contributed by atoms with Gasteiger partial charge in [0.15, 0.2) is 0 Å². The Bertz CT molecular complexity index is 1080. The van der Waals surface area contributed by atoms with E-state index in [1.165, 1.54) is 148 Å². The van der Waals surface area contributed by atoms with Crippen LogP contribution in [0.4, 0.5) is 0 Å². The number of amides is 1. The van der Waals surface area contributed by atoms with Crippen LogP contribution in [0.5, 0.6) is 0 Å². The molecule has 0 aliphatic rings. The zero-order chi connectivity index (χ0) is 45.9. The third-order valence-electron chi connectivity index (χ3n) is 12.4. The van der Waals surface area contributed by atoms with Crippen LogP contribution in [0.1, 0.15) is 278 Å². The number of nitrogens with one attached hydrogen (secondary N) is 1. The minimum atomic E-state index is -0.799. The molecule has 0 aliphatic carbocycles. The van der Waals surface area contributed by atoms with E-state index in [4.69, 9.17) is 4.74 Å². The van der Waals surface area contributed by atoms with Gasteiger partial charge in [0.05, 0.1) is 25.2 Å². The highest BCUT2D eigenvalue weighted by atomic mass is 16.5. The fraction of sp³-hybridized carbons (Fsp3) is 0.825. The molecule has 0 heterocycles. The number of esters is 1. The second-order valence-electron chi connectivity index (χ2n) is 18.6. The molecule has 3 N–H and O–H groups in total. The summed E-state index contributed by atoms with van der Waals surface area (Å²) in [7, 11) is 0. The van der Waals surface area contributed by atoms with Crippen molar-refractivity contribution in [1.82, 2.24) is 5.32 Å². The molecule has 0 saturated carbocycles. The topological polar surface area (TPSA) is 95.9 Å². The molecule has 0 radical (unpaired) electrons. The Balaban J connectivity index is 4.55. The van der Waals surface area contributed by atoms with Crippen LogP contribution < -0.4 is 5.32 Å². The predicted molar refractivity (Wildman–Crippen MR) is 273 cm³/mol. The molecule has 0 rings (SSSR count). The summed E-state index contributed by atoms with van der Waals surface area (Å²) in [5, 5.41) is 23.8. The molecule has 0 aromatic carbocycles. The molecule has 0 saturated heterocycles. The molecule has 3 unspecified atom stereocenters. The van der Waals surface area contributed by atoms with E-state index < -0.39 is 18.2 Å². The fourth-order valence-corrected chi connectivity index (χ4v) is 8.26. The van der Waals surface area contributed by atoms with Crippen LogP contribution in [0.3, 0.4) is 0 Å². The molecular weight excluding hydrogens is 779 g/mol. The number of unbranched alkanes of at least 4 members (excludes halogenated alkanes) is 29. The summed E-state index contributed by atoms with van der Waals surface area (Å²) in [4.78, 5) is 26.2. The first-order chi connectivity index (χ1) is 31.0. The Labute approximate surface area is 391 Å². The van der Waals surface area contributed by atoms with Gasteiger partial charge in [-0.2, -0.15) is 0 Å². The summed E-state index contributed by atoms with van der Waals surface area (Å²) < 4.78 is 5.92. The average molecular weight is 884 g/mol. The molecule has 6 nitrogen and oxygen atoms in total. The second-order valence-corrected chi connectivity index (χ2v) is 18.6. The Morgan fingerprint density at radius 3 is 1.33 bits per heavy atom. The van der Waals surface area contributed by atoms with E-state index in [1.54, 1.807) is 0 Å². The smallest absolute Gasteiger partial charge is 0.306 e. The molecule has 0 aromatic rings. The summed E-state index contributed by atoms with van der Waals surface area (Å²) in [6, 6.07) is -0.715. The quantitative estimate of drug-likeness (QED) is 0.0321. The van der Waals surface area contributed by atoms with Gasteiger partial charge in [0.1, 0.15) is 6.10 Å². The number of rotatable bonds is 49. The van der Waals surface area contributed by atoms with E-state index >= 15 is 0 Å². The maximum Gasteiger partial charge on any atom is 0.306 e. The number of carbonyl (C=O) groups is 2. The largest absolute Gasteiger partial charge is 0.462 e. The normalized spacial score (nSPS) is 13.5. The summed E-state index contributed by atoms with van der Waals surface area (Å²) in [5.41, 5.74) is 0. The lowest BCUT2D eigenvalue weighted by atomic mass is 10.0. The third kappa shape index (κ3) is 46.2. The molecule has 3 atom stereocenters. The van der Waals surface area contributed by atoms with Crippen molar-refractivity contribution in [3.05, 3.63) is 48.6 Å². The fourth-order valence-electron chi connectivity index (χ4n) is 8.26. The van der Waals surface area contributed by atoms with Crippen molar-refractivity contribution in [3.63, 3.8) is 0 Å². The van der Waals surface area contributed by atoms with Gasteiger partial charge in [-0.05, 0) is 83.5 Å². The maximum atomic E-state index is 13.2. The van der Waals surface area contributed by atoms with Crippen LogP contribution in [0.15, 0.2) is 48.6 Å². The van der Waals surface area contributed by atoms with Crippen molar-refractivity contribution in [2.75, 3.05) is 6.61 Å². The van der Waals surface area contributed by atoms with E-state index in [1.807, 2.05) is 0 Å². The van der Waals surface area contributed by atoms with Gasteiger partial charge in [0.25, 0.3) is 0 Å². The molecule has 0 aliphatic heterocycles. The van der Waals surface area contributed by atoms with Gasteiger partial charge in [-0.3, -0.25) is 9.59 Å². The van der Waals surface area contributed by atoms with Crippen LogP contribution >= 0.6 is 0 Å². The number of hydrogen-bond acceptors (Lipinski definition) is 5. The Hall–Kier alpha value is -2.18. The van der Waals surface area contributed by atoms with Crippen molar-refractivity contribution in [2.24, 2.45) is 0 Å². The first-order valence-corrected chi connectivity index (χ1v) is 27.4. The number of allylic oxidation sites excluding steroid dienone is 8. The van der Waals surface area contributed by atoms with Crippen molar-refractivity contribution >= 4 is 11.9 Å². The van der Waals surface area contributed by atoms with Gasteiger partial charge in [-0.15, -0.1) is 0 Å². The second kappa shape index (κ2) is 50.8. The zero-order valence-corrected chi connectivity index (χ0v) is 42.0. The molecule has 0 bridgehead atoms. The molecule has 0 aromatic heterocycles. The molecular formula is C57H105NO5. The van der Waals surface area contributed by atoms with Crippen molar-refractivity contribution < 1.29 is 24.5 Å². The molecule has 6 heteroatoms. The molecule has 0 spiro atoms. The first kappa shape index (κ1) is 60.8. The number of hydrogen-bond donors (Lipinski definition) is 3. The summed E-state index contributed by atoms with van der Waals surface area (Å²) in [6.07, 6.45) is 61.8. The van der Waals surface area contributed by atoms with Crippen LogP contribution in [0, 0.1) is 0 Å². The van der Waals surface area contributed by atoms with Gasteiger partial charge in [0, 0.05) is 6.42 Å². The van der Waals surface area contributed by atoms with Gasteiger partial charge < -0.3 is 20.3 Å². The van der Waals surface area contributed by atoms with Gasteiger partial charge in [0.2, 0.25) is 5.91 Å². The van der Waals surface area contributed by atoms with Crippen LogP contribution in [0.25, 0.3) is 0 Å². The summed E-state index contributed by atoms with van der Waals surface area (Å²) in [6.45, 7) is 6.37. The monoisotopic (exact) mass is 884 g/mol. The molecule has 63 heavy (non-hydrogen) atoms. The Morgan fingerprint density at radius 1 is 0.476 bits per heavy atom. The first-order valence-electron chi connectivity index (χ1n) is 27.4. The van der Waals surface area contributed by atoms with Gasteiger partial charge in [-0.25, -0.2) is 0 Å². The maximum absolute atomic E-state index is 13.2. The average Bonchev–Trinajstić information content (AvgIpc) is 3.28. The molecule has 0 fully saturated rings. The van der Waals surface area contributed by atoms with Crippen molar-refractivity contribution in [2.45, 2.75) is 296 Å². The predicted octanol–water partition coefficient (Wildman–Crippen LogP) is 16.6. The SMILES string of the molecule is CC/C=C/C/C=C/C/C=C/CCCCC(CC(=O)NC(CO)C(O)CCCCCCCCCCCCCCCC)OC(=O)CCCCCCC/C=C/CCCCCCCCCCC. The lowest BCUT2D eigenvalue weighted by Crippen LogP contribution is -2.46. The third-order valence-corrected chi connectivity index (χ3v) is 12.4. The van der Waals surface area contributed by atoms with E-state index in [0.717, 1.165) is 83.5 Å². The highest BCUT2D eigenvalue weighted by Crippen LogP contribution is 2.18. The molecule has 1 amide bonds. The van der Waals surface area contributed by atoms with E-state index in [-0.39, 0.29) is 24.9 Å². The summed E-state index contributed by atoms with van der Waals surface area (Å²) in [5.74, 6) is -0.515. The van der Waals surface area contributed by atoms with Gasteiger partial charge in [-0.1, -0.05) is 230 Å². The Morgan fingerprint density at radius 2 is 0.857 bits per heavy atom. The lowest BCUT2D eigenvalue weighted by Gasteiger charge is -2.24. The number of ether oxygens (including phenoxy) is 1.